The Kier molecular flexibility index (Phi) is 5.60. The smallest absolute Gasteiger partial charge is 0.349 e. The molecule has 0 aliphatic heterocycles. The number of ether oxygens (including phenoxy) is 1. The minimum absolute atomic E-state index is 0.102. The molecule has 0 aromatic heterocycles. The van der Waals surface area contributed by atoms with Crippen molar-refractivity contribution < 1.29 is 9.53 Å². The Morgan fingerprint density at radius 2 is 1.86 bits per heavy atom. The second kappa shape index (κ2) is 7.65. The highest BCUT2D eigenvalue weighted by molar-refractivity contribution is 6.42. The Hall–Kier alpha value is -2.28. The molecule has 2 rings (SSSR count). The molecule has 2 aromatic carbocycles. The largest absolute Gasteiger partial charge is 0.457 e. The molecule has 0 bridgehead atoms. The van der Waals surface area contributed by atoms with Crippen molar-refractivity contribution in [1.29, 1.82) is 5.26 Å². The minimum Gasteiger partial charge on any atom is -0.457 e. The zero-order valence-corrected chi connectivity index (χ0v) is 12.9. The Bertz CT molecular complexity index is 749. The molecule has 0 radical (unpaired) electrons. The summed E-state index contributed by atoms with van der Waals surface area (Å²) in [5.74, 6) is -0.683. The van der Waals surface area contributed by atoms with Crippen LogP contribution in [0, 0.1) is 11.3 Å². The topological polar surface area (TPSA) is 50.1 Å². The van der Waals surface area contributed by atoms with Crippen molar-refractivity contribution in [2.45, 2.75) is 6.61 Å². The van der Waals surface area contributed by atoms with Crippen LogP contribution in [0.1, 0.15) is 11.1 Å². The van der Waals surface area contributed by atoms with Gasteiger partial charge in [-0.1, -0.05) is 59.6 Å². The molecule has 3 nitrogen and oxygen atoms in total. The molecule has 0 atom stereocenters. The summed E-state index contributed by atoms with van der Waals surface area (Å²) in [6.45, 7) is 0.111. The average molecular weight is 332 g/mol. The van der Waals surface area contributed by atoms with Gasteiger partial charge >= 0.3 is 5.97 Å². The monoisotopic (exact) mass is 331 g/mol. The van der Waals surface area contributed by atoms with Crippen LogP contribution in [-0.4, -0.2) is 5.97 Å². The number of rotatable bonds is 4. The first-order valence-electron chi connectivity index (χ1n) is 6.38. The number of halogens is 2. The minimum atomic E-state index is -0.683. The standard InChI is InChI=1S/C17H11Cl2NO2/c18-15-7-6-13(9-16(15)19)8-14(10-20)17(21)22-11-12-4-2-1-3-5-12/h1-9H,11H2/b14-8+. The van der Waals surface area contributed by atoms with Crippen molar-refractivity contribution in [3.63, 3.8) is 0 Å². The molecule has 2 aromatic rings. The van der Waals surface area contributed by atoms with Gasteiger partial charge in [0.1, 0.15) is 18.2 Å². The highest BCUT2D eigenvalue weighted by Crippen LogP contribution is 2.23. The highest BCUT2D eigenvalue weighted by Gasteiger charge is 2.11. The molecule has 0 aliphatic rings. The van der Waals surface area contributed by atoms with Crippen molar-refractivity contribution in [1.82, 2.24) is 0 Å². The van der Waals surface area contributed by atoms with Crippen molar-refractivity contribution in [3.8, 4) is 6.07 Å². The molecule has 0 unspecified atom stereocenters. The summed E-state index contributed by atoms with van der Waals surface area (Å²) in [6.07, 6.45) is 1.41. The maximum Gasteiger partial charge on any atom is 0.349 e. The first-order chi connectivity index (χ1) is 10.6. The van der Waals surface area contributed by atoms with Gasteiger partial charge in [0.05, 0.1) is 10.0 Å². The molecular weight excluding hydrogens is 321 g/mol. The third kappa shape index (κ3) is 4.36. The van der Waals surface area contributed by atoms with Gasteiger partial charge in [-0.2, -0.15) is 5.26 Å². The molecule has 0 fully saturated rings. The van der Waals surface area contributed by atoms with E-state index in [2.05, 4.69) is 0 Å². The third-order valence-corrected chi connectivity index (χ3v) is 3.55. The Labute approximate surface area is 138 Å². The van der Waals surface area contributed by atoms with E-state index in [0.717, 1.165) is 5.56 Å². The predicted molar refractivity (Wildman–Crippen MR) is 86.3 cm³/mol. The molecule has 0 heterocycles. The van der Waals surface area contributed by atoms with E-state index in [1.54, 1.807) is 18.2 Å². The first-order valence-corrected chi connectivity index (χ1v) is 7.13. The van der Waals surface area contributed by atoms with E-state index in [1.807, 2.05) is 36.4 Å². The summed E-state index contributed by atoms with van der Waals surface area (Å²) >= 11 is 11.7. The maximum atomic E-state index is 11.9. The number of nitriles is 1. The maximum absolute atomic E-state index is 11.9. The second-order valence-electron chi connectivity index (χ2n) is 4.41. The Balaban J connectivity index is 2.10. The van der Waals surface area contributed by atoms with Crippen LogP contribution in [0.5, 0.6) is 0 Å². The number of carbonyl (C=O) groups is 1. The summed E-state index contributed by atoms with van der Waals surface area (Å²) in [7, 11) is 0. The van der Waals surface area contributed by atoms with Crippen LogP contribution in [0.3, 0.4) is 0 Å². The zero-order chi connectivity index (χ0) is 15.9. The summed E-state index contributed by atoms with van der Waals surface area (Å²) in [6, 6.07) is 15.9. The molecular formula is C17H11Cl2NO2. The van der Waals surface area contributed by atoms with E-state index in [-0.39, 0.29) is 12.2 Å². The van der Waals surface area contributed by atoms with Gasteiger partial charge in [0.15, 0.2) is 0 Å². The van der Waals surface area contributed by atoms with E-state index in [0.29, 0.717) is 15.6 Å². The van der Waals surface area contributed by atoms with Gasteiger partial charge < -0.3 is 4.74 Å². The van der Waals surface area contributed by atoms with Gasteiger partial charge in [0, 0.05) is 0 Å². The zero-order valence-electron chi connectivity index (χ0n) is 11.4. The Morgan fingerprint density at radius 1 is 1.14 bits per heavy atom. The third-order valence-electron chi connectivity index (χ3n) is 2.81. The molecule has 0 saturated carbocycles. The highest BCUT2D eigenvalue weighted by atomic mass is 35.5. The first kappa shape index (κ1) is 16.1. The van der Waals surface area contributed by atoms with Crippen molar-refractivity contribution >= 4 is 35.2 Å². The molecule has 0 amide bonds. The predicted octanol–water partition coefficient (Wildman–Crippen LogP) is 4.64. The summed E-state index contributed by atoms with van der Waals surface area (Å²) in [4.78, 5) is 11.9. The summed E-state index contributed by atoms with van der Waals surface area (Å²) < 4.78 is 5.12. The number of nitrogens with zero attached hydrogens (tertiary/aromatic N) is 1. The van der Waals surface area contributed by atoms with Crippen LogP contribution in [-0.2, 0) is 16.1 Å². The van der Waals surface area contributed by atoms with Crippen LogP contribution in [0.4, 0.5) is 0 Å². The van der Waals surface area contributed by atoms with Crippen LogP contribution < -0.4 is 0 Å². The lowest BCUT2D eigenvalue weighted by Crippen LogP contribution is -2.06. The normalized spacial score (nSPS) is 10.9. The van der Waals surface area contributed by atoms with Gasteiger partial charge in [-0.05, 0) is 29.3 Å². The van der Waals surface area contributed by atoms with Gasteiger partial charge in [0.25, 0.3) is 0 Å². The molecule has 22 heavy (non-hydrogen) atoms. The number of carbonyl (C=O) groups excluding carboxylic acids is 1. The molecule has 0 saturated heterocycles. The SMILES string of the molecule is N#C/C(=C\c1ccc(Cl)c(Cl)c1)C(=O)OCc1ccccc1. The molecule has 0 spiro atoms. The number of benzene rings is 2. The number of hydrogen-bond donors (Lipinski definition) is 0. The fourth-order valence-corrected chi connectivity index (χ4v) is 2.01. The fraction of sp³-hybridized carbons (Fsp3) is 0.0588. The summed E-state index contributed by atoms with van der Waals surface area (Å²) in [5, 5.41) is 9.86. The van der Waals surface area contributed by atoms with Gasteiger partial charge in [-0.25, -0.2) is 4.79 Å². The molecule has 0 aliphatic carbocycles. The lowest BCUT2D eigenvalue weighted by molar-refractivity contribution is -0.139. The number of esters is 1. The van der Waals surface area contributed by atoms with E-state index >= 15 is 0 Å². The number of hydrogen-bond acceptors (Lipinski definition) is 3. The van der Waals surface area contributed by atoms with Crippen LogP contribution in [0.25, 0.3) is 6.08 Å². The van der Waals surface area contributed by atoms with E-state index < -0.39 is 5.97 Å². The lowest BCUT2D eigenvalue weighted by atomic mass is 10.1. The lowest BCUT2D eigenvalue weighted by Gasteiger charge is -2.04. The van der Waals surface area contributed by atoms with E-state index in [9.17, 15) is 4.79 Å². The summed E-state index contributed by atoms with van der Waals surface area (Å²) in [5.41, 5.74) is 1.35. The molecule has 5 heteroatoms. The average Bonchev–Trinajstić information content (AvgIpc) is 2.54. The van der Waals surface area contributed by atoms with Gasteiger partial charge in [-0.15, -0.1) is 0 Å². The molecule has 110 valence electrons. The quantitative estimate of drug-likeness (QED) is 0.465. The van der Waals surface area contributed by atoms with Crippen LogP contribution in [0.15, 0.2) is 54.1 Å². The fourth-order valence-electron chi connectivity index (χ4n) is 1.71. The van der Waals surface area contributed by atoms with Crippen molar-refractivity contribution in [3.05, 3.63) is 75.3 Å². The van der Waals surface area contributed by atoms with Gasteiger partial charge in [-0.3, -0.25) is 0 Å². The van der Waals surface area contributed by atoms with E-state index in [1.165, 1.54) is 6.08 Å². The van der Waals surface area contributed by atoms with Crippen LogP contribution >= 0.6 is 23.2 Å². The molecule has 0 N–H and O–H groups in total. The van der Waals surface area contributed by atoms with E-state index in [4.69, 9.17) is 33.2 Å². The van der Waals surface area contributed by atoms with Crippen molar-refractivity contribution in [2.75, 3.05) is 0 Å². The Morgan fingerprint density at radius 3 is 2.50 bits per heavy atom. The van der Waals surface area contributed by atoms with Gasteiger partial charge in [0.2, 0.25) is 0 Å². The second-order valence-corrected chi connectivity index (χ2v) is 5.22. The van der Waals surface area contributed by atoms with Crippen LogP contribution in [0.2, 0.25) is 10.0 Å². The van der Waals surface area contributed by atoms with Crippen molar-refractivity contribution in [2.24, 2.45) is 0 Å².